The molecule has 1 aromatic heterocycles. The minimum Gasteiger partial charge on any atom is -0.314 e. The van der Waals surface area contributed by atoms with Gasteiger partial charge in [-0.25, -0.2) is 8.78 Å². The van der Waals surface area contributed by atoms with Crippen molar-refractivity contribution in [3.8, 4) is 0 Å². The van der Waals surface area contributed by atoms with Gasteiger partial charge in [0.05, 0.1) is 10.5 Å². The first-order chi connectivity index (χ1) is 10.2. The fourth-order valence-electron chi connectivity index (χ4n) is 2.69. The van der Waals surface area contributed by atoms with Gasteiger partial charge in [-0.05, 0) is 39.5 Å². The van der Waals surface area contributed by atoms with Gasteiger partial charge in [-0.3, -0.25) is 4.90 Å². The van der Waals surface area contributed by atoms with Crippen LogP contribution in [0.4, 0.5) is 8.78 Å². The largest absolute Gasteiger partial charge is 0.314 e. The third kappa shape index (κ3) is 3.51. The van der Waals surface area contributed by atoms with Crippen LogP contribution in [0.5, 0.6) is 0 Å². The Hall–Kier alpha value is -0.530. The molecule has 1 fully saturated rings. The molecule has 2 aromatic rings. The molecule has 3 rings (SSSR count). The molecular weight excluding hydrogens is 394 g/mol. The number of halogens is 4. The first kappa shape index (κ1) is 17.8. The lowest BCUT2D eigenvalue weighted by Gasteiger charge is -2.35. The summed E-state index contributed by atoms with van der Waals surface area (Å²) in [6.45, 7) is 3.21. The van der Waals surface area contributed by atoms with Gasteiger partial charge in [0.1, 0.15) is 11.6 Å². The van der Waals surface area contributed by atoms with Gasteiger partial charge in [0, 0.05) is 36.6 Å². The molecule has 1 N–H and O–H groups in total. The summed E-state index contributed by atoms with van der Waals surface area (Å²) >= 11 is 4.70. The molecule has 1 atom stereocenters. The maximum absolute atomic E-state index is 14.5. The lowest BCUT2D eigenvalue weighted by atomic mass is 10.0. The summed E-state index contributed by atoms with van der Waals surface area (Å²) < 4.78 is 29.2. The van der Waals surface area contributed by atoms with E-state index in [9.17, 15) is 8.78 Å². The average Bonchev–Trinajstić information content (AvgIpc) is 3.02. The van der Waals surface area contributed by atoms with Crippen molar-refractivity contribution < 1.29 is 8.78 Å². The summed E-state index contributed by atoms with van der Waals surface area (Å²) in [7, 11) is 0. The van der Waals surface area contributed by atoms with Crippen LogP contribution in [-0.4, -0.2) is 31.1 Å². The smallest absolute Gasteiger partial charge is 0.145 e. The maximum atomic E-state index is 14.5. The second-order valence-corrected chi connectivity index (χ2v) is 6.79. The Kier molecular flexibility index (Phi) is 6.35. The Bertz CT molecular complexity index is 618. The van der Waals surface area contributed by atoms with E-state index >= 15 is 0 Å². The highest BCUT2D eigenvalue weighted by Crippen LogP contribution is 2.36. The number of hydrogen-bond acceptors (Lipinski definition) is 3. The second kappa shape index (κ2) is 7.84. The van der Waals surface area contributed by atoms with E-state index in [1.165, 1.54) is 23.5 Å². The Balaban J connectivity index is 0.00000176. The number of nitrogens with zero attached hydrogens (tertiary/aromatic N) is 1. The van der Waals surface area contributed by atoms with Gasteiger partial charge in [0.15, 0.2) is 0 Å². The van der Waals surface area contributed by atoms with Crippen LogP contribution in [0.25, 0.3) is 0 Å². The van der Waals surface area contributed by atoms with Crippen LogP contribution in [0, 0.1) is 11.6 Å². The number of thiophene rings is 1. The topological polar surface area (TPSA) is 15.3 Å². The van der Waals surface area contributed by atoms with Crippen molar-refractivity contribution in [2.75, 3.05) is 26.2 Å². The lowest BCUT2D eigenvalue weighted by molar-refractivity contribution is 0.194. The summed E-state index contributed by atoms with van der Waals surface area (Å²) in [4.78, 5) is 3.10. The summed E-state index contributed by atoms with van der Waals surface area (Å²) in [6.07, 6.45) is 0. The first-order valence-corrected chi connectivity index (χ1v) is 8.47. The monoisotopic (exact) mass is 408 g/mol. The zero-order chi connectivity index (χ0) is 14.8. The molecule has 2 heterocycles. The van der Waals surface area contributed by atoms with Crippen molar-refractivity contribution in [3.05, 3.63) is 56.2 Å². The van der Waals surface area contributed by atoms with Gasteiger partial charge in [-0.15, -0.1) is 23.7 Å². The molecule has 1 saturated heterocycles. The Morgan fingerprint density at radius 2 is 1.91 bits per heavy atom. The fraction of sp³-hybridized carbons (Fsp3) is 0.333. The van der Waals surface area contributed by atoms with Crippen molar-refractivity contribution in [1.29, 1.82) is 0 Å². The third-order valence-corrected chi connectivity index (χ3v) is 5.22. The SMILES string of the molecule is Cl.Fc1ccc(Br)c(F)c1[C@H](c1cccs1)N1CCNCC1. The zero-order valence-electron chi connectivity index (χ0n) is 11.7. The molecule has 1 aromatic carbocycles. The van der Waals surface area contributed by atoms with Gasteiger partial charge >= 0.3 is 0 Å². The summed E-state index contributed by atoms with van der Waals surface area (Å²) in [5.74, 6) is -1.00. The standard InChI is InChI=1S/C15H15BrF2N2S.ClH/c16-10-3-4-11(17)13(14(10)18)15(12-2-1-9-21-12)20-7-5-19-6-8-20;/h1-4,9,15,19H,5-8H2;1H/t15-;/m0./s1. The molecular formula is C15H16BrClF2N2S. The van der Waals surface area contributed by atoms with Crippen LogP contribution < -0.4 is 5.32 Å². The molecule has 7 heteroatoms. The predicted molar refractivity (Wildman–Crippen MR) is 91.9 cm³/mol. The highest BCUT2D eigenvalue weighted by molar-refractivity contribution is 9.10. The minimum absolute atomic E-state index is 0. The molecule has 1 aliphatic heterocycles. The molecule has 0 aliphatic carbocycles. The maximum Gasteiger partial charge on any atom is 0.145 e. The third-order valence-electron chi connectivity index (χ3n) is 3.68. The molecule has 0 spiro atoms. The van der Waals surface area contributed by atoms with Crippen molar-refractivity contribution in [1.82, 2.24) is 10.2 Å². The summed E-state index contributed by atoms with van der Waals surface area (Å²) in [5.41, 5.74) is 0.133. The van der Waals surface area contributed by atoms with E-state index in [1.807, 2.05) is 17.5 Å². The predicted octanol–water partition coefficient (Wildman–Crippen LogP) is 4.21. The van der Waals surface area contributed by atoms with Gasteiger partial charge in [0.25, 0.3) is 0 Å². The van der Waals surface area contributed by atoms with E-state index in [-0.39, 0.29) is 24.0 Å². The fourth-order valence-corrected chi connectivity index (χ4v) is 3.90. The van der Waals surface area contributed by atoms with E-state index in [4.69, 9.17) is 0 Å². The molecule has 0 radical (unpaired) electrons. The van der Waals surface area contributed by atoms with Crippen LogP contribution >= 0.6 is 39.7 Å². The molecule has 0 bridgehead atoms. The quantitative estimate of drug-likeness (QED) is 0.764. The second-order valence-electron chi connectivity index (χ2n) is 4.96. The molecule has 1 aliphatic rings. The average molecular weight is 410 g/mol. The summed E-state index contributed by atoms with van der Waals surface area (Å²) in [5, 5.41) is 5.21. The van der Waals surface area contributed by atoms with E-state index in [1.54, 1.807) is 0 Å². The Labute approximate surface area is 147 Å². The van der Waals surface area contributed by atoms with Gasteiger partial charge in [-0.1, -0.05) is 6.07 Å². The van der Waals surface area contributed by atoms with Crippen molar-refractivity contribution in [2.24, 2.45) is 0 Å². The van der Waals surface area contributed by atoms with Gasteiger partial charge in [-0.2, -0.15) is 0 Å². The van der Waals surface area contributed by atoms with Gasteiger partial charge in [0.2, 0.25) is 0 Å². The minimum atomic E-state index is -0.507. The van der Waals surface area contributed by atoms with E-state index in [2.05, 4.69) is 26.1 Å². The number of rotatable bonds is 3. The molecule has 2 nitrogen and oxygen atoms in total. The van der Waals surface area contributed by atoms with Crippen LogP contribution in [-0.2, 0) is 0 Å². The Morgan fingerprint density at radius 3 is 2.55 bits per heavy atom. The summed E-state index contributed by atoms with van der Waals surface area (Å²) in [6, 6.07) is 6.23. The van der Waals surface area contributed by atoms with Crippen LogP contribution in [0.2, 0.25) is 0 Å². The van der Waals surface area contributed by atoms with Crippen molar-refractivity contribution in [2.45, 2.75) is 6.04 Å². The van der Waals surface area contributed by atoms with E-state index in [0.717, 1.165) is 31.1 Å². The number of benzene rings is 1. The van der Waals surface area contributed by atoms with Crippen molar-refractivity contribution >= 4 is 39.7 Å². The number of hydrogen-bond donors (Lipinski definition) is 1. The molecule has 120 valence electrons. The molecule has 0 amide bonds. The number of nitrogens with one attached hydrogen (secondary N) is 1. The highest BCUT2D eigenvalue weighted by Gasteiger charge is 2.30. The zero-order valence-corrected chi connectivity index (χ0v) is 14.9. The highest BCUT2D eigenvalue weighted by atomic mass is 79.9. The van der Waals surface area contributed by atoms with Crippen molar-refractivity contribution in [3.63, 3.8) is 0 Å². The Morgan fingerprint density at radius 1 is 1.18 bits per heavy atom. The lowest BCUT2D eigenvalue weighted by Crippen LogP contribution is -2.45. The van der Waals surface area contributed by atoms with Crippen LogP contribution in [0.1, 0.15) is 16.5 Å². The molecule has 0 saturated carbocycles. The van der Waals surface area contributed by atoms with Gasteiger partial charge < -0.3 is 5.32 Å². The van der Waals surface area contributed by atoms with E-state index < -0.39 is 11.6 Å². The normalized spacial score (nSPS) is 17.0. The first-order valence-electron chi connectivity index (χ1n) is 6.80. The molecule has 0 unspecified atom stereocenters. The van der Waals surface area contributed by atoms with Crippen LogP contribution in [0.3, 0.4) is 0 Å². The number of piperazine rings is 1. The van der Waals surface area contributed by atoms with E-state index in [0.29, 0.717) is 4.47 Å². The van der Waals surface area contributed by atoms with Crippen LogP contribution in [0.15, 0.2) is 34.1 Å². The molecule has 22 heavy (non-hydrogen) atoms.